The van der Waals surface area contributed by atoms with E-state index in [1.807, 2.05) is 0 Å². The molecule has 0 amide bonds. The minimum atomic E-state index is -0.516. The standard InChI is InChI=1S/C12H13N3O4/c1-2-19-9(16)5-8-10(13)14-11(15-12(8)17)7-3-4-18-6-7/h3-4,6H,2,5H2,1H3,(H3,13,14,15,17). The summed E-state index contributed by atoms with van der Waals surface area (Å²) >= 11 is 0. The molecule has 0 aromatic carbocycles. The lowest BCUT2D eigenvalue weighted by molar-refractivity contribution is -0.142. The second-order valence-corrected chi connectivity index (χ2v) is 3.77. The SMILES string of the molecule is CCOC(=O)Cc1c(N)nc(-c2ccoc2)[nH]c1=O. The first-order valence-electron chi connectivity index (χ1n) is 5.68. The number of nitrogens with two attached hydrogens (primary N) is 1. The molecule has 3 N–H and O–H groups in total. The lowest BCUT2D eigenvalue weighted by Crippen LogP contribution is -2.22. The smallest absolute Gasteiger partial charge is 0.310 e. The number of aromatic amines is 1. The summed E-state index contributed by atoms with van der Waals surface area (Å²) in [7, 11) is 0. The van der Waals surface area contributed by atoms with Crippen LogP contribution in [0.1, 0.15) is 12.5 Å². The number of carbonyl (C=O) groups is 1. The first kappa shape index (κ1) is 12.9. The molecule has 0 spiro atoms. The van der Waals surface area contributed by atoms with Gasteiger partial charge >= 0.3 is 5.97 Å². The number of hydrogen-bond acceptors (Lipinski definition) is 6. The summed E-state index contributed by atoms with van der Waals surface area (Å²) in [5.74, 6) is -0.213. The summed E-state index contributed by atoms with van der Waals surface area (Å²) in [5.41, 5.74) is 5.95. The van der Waals surface area contributed by atoms with Crippen LogP contribution in [0, 0.1) is 0 Å². The summed E-state index contributed by atoms with van der Waals surface area (Å²) < 4.78 is 9.67. The number of nitrogens with one attached hydrogen (secondary N) is 1. The monoisotopic (exact) mass is 263 g/mol. The fraction of sp³-hybridized carbons (Fsp3) is 0.250. The first-order chi connectivity index (χ1) is 9.11. The van der Waals surface area contributed by atoms with Crippen LogP contribution in [0.25, 0.3) is 11.4 Å². The highest BCUT2D eigenvalue weighted by Crippen LogP contribution is 2.16. The number of nitrogen functional groups attached to an aromatic ring is 1. The molecule has 0 saturated heterocycles. The molecular weight excluding hydrogens is 250 g/mol. The van der Waals surface area contributed by atoms with Gasteiger partial charge in [0.2, 0.25) is 0 Å². The summed E-state index contributed by atoms with van der Waals surface area (Å²) in [6.07, 6.45) is 2.69. The highest BCUT2D eigenvalue weighted by atomic mass is 16.5. The van der Waals surface area contributed by atoms with E-state index in [1.165, 1.54) is 12.5 Å². The van der Waals surface area contributed by atoms with Gasteiger partial charge in [0.1, 0.15) is 17.9 Å². The average Bonchev–Trinajstić information content (AvgIpc) is 2.87. The largest absolute Gasteiger partial charge is 0.472 e. The molecule has 0 saturated carbocycles. The van der Waals surface area contributed by atoms with Gasteiger partial charge in [-0.25, -0.2) is 4.98 Å². The third-order valence-corrected chi connectivity index (χ3v) is 2.47. The normalized spacial score (nSPS) is 10.4. The topological polar surface area (TPSA) is 111 Å². The number of H-pyrrole nitrogens is 1. The van der Waals surface area contributed by atoms with Crippen molar-refractivity contribution in [2.75, 3.05) is 12.3 Å². The lowest BCUT2D eigenvalue weighted by Gasteiger charge is -2.05. The van der Waals surface area contributed by atoms with Crippen LogP contribution in [0.4, 0.5) is 5.82 Å². The highest BCUT2D eigenvalue weighted by molar-refractivity contribution is 5.74. The van der Waals surface area contributed by atoms with Crippen LogP contribution in [0.3, 0.4) is 0 Å². The molecule has 0 unspecified atom stereocenters. The summed E-state index contributed by atoms with van der Waals surface area (Å²) in [6, 6.07) is 1.64. The molecule has 100 valence electrons. The van der Waals surface area contributed by atoms with Crippen LogP contribution in [-0.4, -0.2) is 22.5 Å². The van der Waals surface area contributed by atoms with Gasteiger partial charge in [-0.15, -0.1) is 0 Å². The van der Waals surface area contributed by atoms with Crippen molar-refractivity contribution in [3.8, 4) is 11.4 Å². The number of aromatic nitrogens is 2. The van der Waals surface area contributed by atoms with Gasteiger partial charge in [0, 0.05) is 0 Å². The van der Waals surface area contributed by atoms with Crippen molar-refractivity contribution in [3.05, 3.63) is 34.5 Å². The van der Waals surface area contributed by atoms with Gasteiger partial charge in [0.15, 0.2) is 0 Å². The van der Waals surface area contributed by atoms with E-state index in [9.17, 15) is 9.59 Å². The molecular formula is C12H13N3O4. The zero-order valence-electron chi connectivity index (χ0n) is 10.3. The Balaban J connectivity index is 2.33. The summed E-state index contributed by atoms with van der Waals surface area (Å²) in [5, 5.41) is 0. The van der Waals surface area contributed by atoms with Crippen LogP contribution >= 0.6 is 0 Å². The number of furan rings is 1. The van der Waals surface area contributed by atoms with Gasteiger partial charge in [-0.1, -0.05) is 0 Å². The van der Waals surface area contributed by atoms with Gasteiger partial charge in [-0.05, 0) is 13.0 Å². The predicted molar refractivity (Wildman–Crippen MR) is 67.3 cm³/mol. The predicted octanol–water partition coefficient (Wildman–Crippen LogP) is 0.718. The Kier molecular flexibility index (Phi) is 3.65. The zero-order valence-corrected chi connectivity index (χ0v) is 10.3. The molecule has 2 aromatic rings. The van der Waals surface area contributed by atoms with Crippen LogP contribution in [0.2, 0.25) is 0 Å². The quantitative estimate of drug-likeness (QED) is 0.786. The third kappa shape index (κ3) is 2.82. The van der Waals surface area contributed by atoms with E-state index in [-0.39, 0.29) is 24.4 Å². The van der Waals surface area contributed by atoms with Crippen molar-refractivity contribution in [3.63, 3.8) is 0 Å². The van der Waals surface area contributed by atoms with E-state index in [2.05, 4.69) is 9.97 Å². The van der Waals surface area contributed by atoms with E-state index in [4.69, 9.17) is 14.9 Å². The lowest BCUT2D eigenvalue weighted by atomic mass is 10.2. The zero-order chi connectivity index (χ0) is 13.8. The van der Waals surface area contributed by atoms with Crippen molar-refractivity contribution in [2.45, 2.75) is 13.3 Å². The Labute approximate surface area is 108 Å². The molecule has 0 aliphatic carbocycles. The molecule has 0 atom stereocenters. The molecule has 7 heteroatoms. The number of ether oxygens (including phenoxy) is 1. The fourth-order valence-corrected chi connectivity index (χ4v) is 1.58. The van der Waals surface area contributed by atoms with E-state index in [1.54, 1.807) is 13.0 Å². The van der Waals surface area contributed by atoms with E-state index in [0.29, 0.717) is 11.4 Å². The maximum atomic E-state index is 11.9. The molecule has 2 rings (SSSR count). The number of anilines is 1. The molecule has 0 fully saturated rings. The molecule has 0 aliphatic heterocycles. The maximum absolute atomic E-state index is 11.9. The Morgan fingerprint density at radius 1 is 1.58 bits per heavy atom. The second kappa shape index (κ2) is 5.38. The highest BCUT2D eigenvalue weighted by Gasteiger charge is 2.15. The molecule has 19 heavy (non-hydrogen) atoms. The van der Waals surface area contributed by atoms with E-state index >= 15 is 0 Å². The maximum Gasteiger partial charge on any atom is 0.310 e. The van der Waals surface area contributed by atoms with Gasteiger partial charge < -0.3 is 19.9 Å². The van der Waals surface area contributed by atoms with Crippen molar-refractivity contribution in [1.29, 1.82) is 0 Å². The van der Waals surface area contributed by atoms with Crippen molar-refractivity contribution < 1.29 is 13.9 Å². The van der Waals surface area contributed by atoms with Crippen molar-refractivity contribution >= 4 is 11.8 Å². The number of carbonyl (C=O) groups excluding carboxylic acids is 1. The van der Waals surface area contributed by atoms with E-state index in [0.717, 1.165) is 0 Å². The Morgan fingerprint density at radius 2 is 2.37 bits per heavy atom. The molecule has 2 heterocycles. The van der Waals surface area contributed by atoms with Gasteiger partial charge in [0.25, 0.3) is 5.56 Å². The van der Waals surface area contributed by atoms with Crippen molar-refractivity contribution in [1.82, 2.24) is 9.97 Å². The second-order valence-electron chi connectivity index (χ2n) is 3.77. The first-order valence-corrected chi connectivity index (χ1v) is 5.68. The van der Waals surface area contributed by atoms with Gasteiger partial charge in [0.05, 0.1) is 30.4 Å². The Bertz CT molecular complexity index is 631. The minimum absolute atomic E-state index is 0.00741. The molecule has 0 radical (unpaired) electrons. The van der Waals surface area contributed by atoms with Crippen LogP contribution in [0.5, 0.6) is 0 Å². The number of hydrogen-bond donors (Lipinski definition) is 2. The molecule has 7 nitrogen and oxygen atoms in total. The fourth-order valence-electron chi connectivity index (χ4n) is 1.58. The summed E-state index contributed by atoms with van der Waals surface area (Å²) in [4.78, 5) is 29.8. The third-order valence-electron chi connectivity index (χ3n) is 2.47. The average molecular weight is 263 g/mol. The number of rotatable bonds is 4. The van der Waals surface area contributed by atoms with Gasteiger partial charge in [-0.3, -0.25) is 9.59 Å². The summed E-state index contributed by atoms with van der Waals surface area (Å²) in [6.45, 7) is 1.93. The Morgan fingerprint density at radius 3 is 2.95 bits per heavy atom. The van der Waals surface area contributed by atoms with Gasteiger partial charge in [-0.2, -0.15) is 0 Å². The van der Waals surface area contributed by atoms with Crippen molar-refractivity contribution in [2.24, 2.45) is 0 Å². The van der Waals surface area contributed by atoms with Crippen LogP contribution in [-0.2, 0) is 16.0 Å². The molecule has 2 aromatic heterocycles. The number of esters is 1. The van der Waals surface area contributed by atoms with Crippen LogP contribution in [0.15, 0.2) is 27.8 Å². The van der Waals surface area contributed by atoms with Crippen LogP contribution < -0.4 is 11.3 Å². The molecule has 0 bridgehead atoms. The molecule has 0 aliphatic rings. The minimum Gasteiger partial charge on any atom is -0.472 e. The Hall–Kier alpha value is -2.57. The van der Waals surface area contributed by atoms with E-state index < -0.39 is 11.5 Å². The number of nitrogens with zero attached hydrogens (tertiary/aromatic N) is 1.